The van der Waals surface area contributed by atoms with Crippen LogP contribution in [0, 0.1) is 0 Å². The van der Waals surface area contributed by atoms with E-state index in [1.54, 1.807) is 0 Å². The monoisotopic (exact) mass is 322 g/mol. The van der Waals surface area contributed by atoms with E-state index in [-0.39, 0.29) is 18.0 Å². The van der Waals surface area contributed by atoms with Crippen LogP contribution in [0.4, 0.5) is 8.78 Å². The van der Waals surface area contributed by atoms with Gasteiger partial charge >= 0.3 is 0 Å². The fraction of sp³-hybridized carbons (Fsp3) is 0.636. The quantitative estimate of drug-likeness (QED) is 0.797. The third kappa shape index (κ3) is 3.97. The van der Waals surface area contributed by atoms with E-state index in [0.29, 0.717) is 13.1 Å². The van der Waals surface area contributed by atoms with Crippen LogP contribution < -0.4 is 5.32 Å². The van der Waals surface area contributed by atoms with E-state index in [0.717, 1.165) is 18.9 Å². The number of sulfonamides is 1. The Morgan fingerprint density at radius 1 is 1.43 bits per heavy atom. The number of carbonyl (C=O) groups excluding carboxylic acids is 1. The fourth-order valence-electron chi connectivity index (χ4n) is 2.04. The minimum absolute atomic E-state index is 0.0888. The molecule has 1 aliphatic rings. The third-order valence-corrected chi connectivity index (χ3v) is 5.04. The third-order valence-electron chi connectivity index (χ3n) is 3.17. The molecule has 0 radical (unpaired) electrons. The fourth-order valence-corrected chi connectivity index (χ4v) is 3.48. The van der Waals surface area contributed by atoms with Crippen LogP contribution >= 0.6 is 0 Å². The van der Waals surface area contributed by atoms with Crippen LogP contribution in [0.25, 0.3) is 0 Å². The summed E-state index contributed by atoms with van der Waals surface area (Å²) in [5.41, 5.74) is -0.645. The summed E-state index contributed by atoms with van der Waals surface area (Å²) in [6, 6.07) is 0.939. The summed E-state index contributed by atoms with van der Waals surface area (Å²) in [4.78, 5) is 11.6. The van der Waals surface area contributed by atoms with Crippen LogP contribution in [0.2, 0.25) is 0 Å². The Morgan fingerprint density at radius 2 is 2.10 bits per heavy atom. The van der Waals surface area contributed by atoms with Gasteiger partial charge in [0.1, 0.15) is 11.4 Å². The topological polar surface area (TPSA) is 95.2 Å². The molecule has 2 N–H and O–H groups in total. The molecule has 118 valence electrons. The molecule has 0 atom stereocenters. The number of hydrogen-bond donors (Lipinski definition) is 2. The summed E-state index contributed by atoms with van der Waals surface area (Å²) in [5.74, 6) is -0.903. The molecular weight excluding hydrogens is 306 g/mol. The predicted molar refractivity (Wildman–Crippen MR) is 70.5 cm³/mol. The Labute approximate surface area is 120 Å². The highest BCUT2D eigenvalue weighted by Gasteiger charge is 2.25. The molecule has 21 heavy (non-hydrogen) atoms. The molecule has 0 aromatic carbocycles. The van der Waals surface area contributed by atoms with Crippen molar-refractivity contribution < 1.29 is 22.0 Å². The van der Waals surface area contributed by atoms with Gasteiger partial charge in [0.05, 0.1) is 5.75 Å². The van der Waals surface area contributed by atoms with Gasteiger partial charge in [-0.1, -0.05) is 0 Å². The first-order valence-corrected chi connectivity index (χ1v) is 8.10. The number of rotatable bonds is 6. The lowest BCUT2D eigenvalue weighted by Gasteiger charge is -2.15. The molecule has 1 fully saturated rings. The molecule has 2 heterocycles. The van der Waals surface area contributed by atoms with E-state index in [1.807, 2.05) is 0 Å². The van der Waals surface area contributed by atoms with Crippen LogP contribution in [-0.2, 0) is 10.0 Å². The van der Waals surface area contributed by atoms with Crippen molar-refractivity contribution in [3.63, 3.8) is 0 Å². The number of carbonyl (C=O) groups is 1. The van der Waals surface area contributed by atoms with Crippen molar-refractivity contribution in [2.45, 2.75) is 19.3 Å². The summed E-state index contributed by atoms with van der Waals surface area (Å²) in [7, 11) is -3.38. The van der Waals surface area contributed by atoms with Crippen molar-refractivity contribution in [1.82, 2.24) is 19.8 Å². The molecule has 0 aliphatic carbocycles. The largest absolute Gasteiger partial charge is 0.350 e. The van der Waals surface area contributed by atoms with Gasteiger partial charge < -0.3 is 5.32 Å². The SMILES string of the molecule is O=C(NCCS(=O)(=O)N1CCCC1)c1cc(C(F)F)[nH]n1. The second kappa shape index (κ2) is 6.48. The van der Waals surface area contributed by atoms with Gasteiger partial charge in [-0.05, 0) is 18.9 Å². The number of amides is 1. The summed E-state index contributed by atoms with van der Waals surface area (Å²) < 4.78 is 49.9. The lowest BCUT2D eigenvalue weighted by atomic mass is 10.3. The maximum absolute atomic E-state index is 12.3. The molecule has 10 heteroatoms. The Morgan fingerprint density at radius 3 is 2.67 bits per heavy atom. The number of aromatic amines is 1. The van der Waals surface area contributed by atoms with E-state index in [4.69, 9.17) is 0 Å². The van der Waals surface area contributed by atoms with Crippen molar-refractivity contribution in [2.24, 2.45) is 0 Å². The molecule has 1 aliphatic heterocycles. The van der Waals surface area contributed by atoms with Gasteiger partial charge in [-0.15, -0.1) is 0 Å². The van der Waals surface area contributed by atoms with E-state index < -0.39 is 28.0 Å². The van der Waals surface area contributed by atoms with Crippen molar-refractivity contribution in [1.29, 1.82) is 0 Å². The predicted octanol–water partition coefficient (Wildman–Crippen LogP) is 0.503. The summed E-state index contributed by atoms with van der Waals surface area (Å²) in [6.07, 6.45) is -1.06. The Kier molecular flexibility index (Phi) is 4.88. The summed E-state index contributed by atoms with van der Waals surface area (Å²) in [6.45, 7) is 0.926. The molecule has 0 saturated carbocycles. The van der Waals surface area contributed by atoms with Gasteiger partial charge in [0.25, 0.3) is 12.3 Å². The maximum atomic E-state index is 12.3. The van der Waals surface area contributed by atoms with Gasteiger partial charge in [-0.3, -0.25) is 9.89 Å². The zero-order valence-electron chi connectivity index (χ0n) is 11.2. The van der Waals surface area contributed by atoms with E-state index >= 15 is 0 Å². The Hall–Kier alpha value is -1.55. The second-order valence-electron chi connectivity index (χ2n) is 4.69. The number of alkyl halides is 2. The second-order valence-corrected chi connectivity index (χ2v) is 6.78. The van der Waals surface area contributed by atoms with Gasteiger partial charge in [0, 0.05) is 19.6 Å². The van der Waals surface area contributed by atoms with E-state index in [2.05, 4.69) is 15.5 Å². The van der Waals surface area contributed by atoms with Gasteiger partial charge in [-0.2, -0.15) is 5.10 Å². The number of nitrogens with one attached hydrogen (secondary N) is 2. The lowest BCUT2D eigenvalue weighted by Crippen LogP contribution is -2.36. The smallest absolute Gasteiger partial charge is 0.279 e. The molecule has 2 rings (SSSR count). The van der Waals surface area contributed by atoms with Crippen LogP contribution in [0.1, 0.15) is 35.4 Å². The van der Waals surface area contributed by atoms with Gasteiger partial charge in [0.15, 0.2) is 0 Å². The average molecular weight is 322 g/mol. The highest BCUT2D eigenvalue weighted by atomic mass is 32.2. The van der Waals surface area contributed by atoms with Crippen LogP contribution in [0.5, 0.6) is 0 Å². The first-order chi connectivity index (χ1) is 9.90. The van der Waals surface area contributed by atoms with Gasteiger partial charge in [0.2, 0.25) is 10.0 Å². The first kappa shape index (κ1) is 15.8. The molecule has 1 aromatic rings. The lowest BCUT2D eigenvalue weighted by molar-refractivity contribution is 0.0951. The molecular formula is C11H16F2N4O3S. The highest BCUT2D eigenvalue weighted by Crippen LogP contribution is 2.16. The molecule has 0 bridgehead atoms. The Balaban J connectivity index is 1.83. The molecule has 0 unspecified atom stereocenters. The number of H-pyrrole nitrogens is 1. The average Bonchev–Trinajstić information content (AvgIpc) is 3.10. The Bertz CT molecular complexity index is 596. The van der Waals surface area contributed by atoms with Crippen LogP contribution in [-0.4, -0.2) is 54.2 Å². The summed E-state index contributed by atoms with van der Waals surface area (Å²) in [5, 5.41) is 7.86. The van der Waals surface area contributed by atoms with Crippen LogP contribution in [0.15, 0.2) is 6.07 Å². The zero-order chi connectivity index (χ0) is 15.5. The van der Waals surface area contributed by atoms with E-state index in [9.17, 15) is 22.0 Å². The van der Waals surface area contributed by atoms with Crippen LogP contribution in [0.3, 0.4) is 0 Å². The molecule has 1 saturated heterocycles. The molecule has 0 spiro atoms. The standard InChI is InChI=1S/C11H16F2N4O3S/c12-10(13)8-7-9(16-15-8)11(18)14-3-6-21(19,20)17-4-1-2-5-17/h7,10H,1-6H2,(H,14,18)(H,15,16). The van der Waals surface area contributed by atoms with Crippen molar-refractivity contribution in [3.05, 3.63) is 17.5 Å². The van der Waals surface area contributed by atoms with E-state index in [1.165, 1.54) is 4.31 Å². The number of hydrogen-bond acceptors (Lipinski definition) is 4. The van der Waals surface area contributed by atoms with Crippen molar-refractivity contribution in [2.75, 3.05) is 25.4 Å². The minimum Gasteiger partial charge on any atom is -0.350 e. The van der Waals surface area contributed by atoms with Crippen molar-refractivity contribution in [3.8, 4) is 0 Å². The normalized spacial score (nSPS) is 16.5. The number of nitrogens with zero attached hydrogens (tertiary/aromatic N) is 2. The van der Waals surface area contributed by atoms with Gasteiger partial charge in [-0.25, -0.2) is 21.5 Å². The minimum atomic E-state index is -3.38. The molecule has 1 aromatic heterocycles. The number of aromatic nitrogens is 2. The zero-order valence-corrected chi connectivity index (χ0v) is 12.0. The molecule has 7 nitrogen and oxygen atoms in total. The number of halogens is 2. The summed E-state index contributed by atoms with van der Waals surface area (Å²) >= 11 is 0. The first-order valence-electron chi connectivity index (χ1n) is 6.49. The maximum Gasteiger partial charge on any atom is 0.279 e. The highest BCUT2D eigenvalue weighted by molar-refractivity contribution is 7.89. The molecule has 1 amide bonds. The van der Waals surface area contributed by atoms with Crippen molar-refractivity contribution >= 4 is 15.9 Å².